The van der Waals surface area contributed by atoms with E-state index in [1.54, 1.807) is 0 Å². The number of hydrazine groups is 1. The summed E-state index contributed by atoms with van der Waals surface area (Å²) >= 11 is 1.46. The van der Waals surface area contributed by atoms with Gasteiger partial charge in [-0.25, -0.2) is 5.84 Å². The predicted octanol–water partition coefficient (Wildman–Crippen LogP) is 0.170. The van der Waals surface area contributed by atoms with Crippen molar-refractivity contribution in [2.45, 2.75) is 31.9 Å². The first-order valence-corrected chi connectivity index (χ1v) is 6.14. The topological polar surface area (TPSA) is 87.3 Å². The number of hydrogen-bond acceptors (Lipinski definition) is 7. The Hall–Kier alpha value is -0.760. The van der Waals surface area contributed by atoms with Gasteiger partial charge in [0.25, 0.3) is 0 Å². The summed E-state index contributed by atoms with van der Waals surface area (Å²) in [5.74, 6) is 5.24. The lowest BCUT2D eigenvalue weighted by atomic mass is 9.94. The molecular formula is C9H17N5OS. The van der Waals surface area contributed by atoms with Crippen molar-refractivity contribution >= 4 is 16.5 Å². The summed E-state index contributed by atoms with van der Waals surface area (Å²) < 4.78 is 0. The first-order chi connectivity index (χ1) is 7.59. The lowest BCUT2D eigenvalue weighted by Crippen LogP contribution is -2.41. The van der Waals surface area contributed by atoms with E-state index in [-0.39, 0.29) is 0 Å². The van der Waals surface area contributed by atoms with Crippen LogP contribution < -0.4 is 11.3 Å². The minimum Gasteiger partial charge on any atom is -0.390 e. The van der Waals surface area contributed by atoms with E-state index in [4.69, 9.17) is 5.84 Å². The number of anilines is 1. The van der Waals surface area contributed by atoms with Crippen LogP contribution >= 0.6 is 11.3 Å². The standard InChI is InChI=1S/C9H17N5OS/c1-9(15)2-4-14(5-3-9)6-7-12-13-8(11-10)16-7/h15H,2-6,10H2,1H3,(H,11,13). The van der Waals surface area contributed by atoms with Crippen molar-refractivity contribution in [1.82, 2.24) is 15.1 Å². The molecule has 2 rings (SSSR count). The maximum Gasteiger partial charge on any atom is 0.219 e. The van der Waals surface area contributed by atoms with Gasteiger partial charge in [-0.15, -0.1) is 10.2 Å². The van der Waals surface area contributed by atoms with E-state index >= 15 is 0 Å². The minimum atomic E-state index is -0.498. The zero-order chi connectivity index (χ0) is 11.6. The number of nitrogens with one attached hydrogen (secondary N) is 1. The van der Waals surface area contributed by atoms with Crippen LogP contribution in [-0.4, -0.2) is 38.9 Å². The summed E-state index contributed by atoms with van der Waals surface area (Å²) in [6.45, 7) is 4.48. The quantitative estimate of drug-likeness (QED) is 0.518. The van der Waals surface area contributed by atoms with Crippen LogP contribution in [0.25, 0.3) is 0 Å². The van der Waals surface area contributed by atoms with Crippen molar-refractivity contribution in [3.63, 3.8) is 0 Å². The molecule has 7 heteroatoms. The molecule has 1 fully saturated rings. The molecule has 0 spiro atoms. The molecule has 4 N–H and O–H groups in total. The van der Waals surface area contributed by atoms with Gasteiger partial charge in [-0.1, -0.05) is 11.3 Å². The largest absolute Gasteiger partial charge is 0.390 e. The number of piperidine rings is 1. The first-order valence-electron chi connectivity index (χ1n) is 5.33. The molecule has 0 bridgehead atoms. The second kappa shape index (κ2) is 4.62. The second-order valence-electron chi connectivity index (χ2n) is 4.42. The third-order valence-electron chi connectivity index (χ3n) is 2.88. The third kappa shape index (κ3) is 2.88. The highest BCUT2D eigenvalue weighted by molar-refractivity contribution is 7.15. The van der Waals surface area contributed by atoms with E-state index in [1.165, 1.54) is 11.3 Å². The van der Waals surface area contributed by atoms with E-state index in [2.05, 4.69) is 20.5 Å². The normalized spacial score (nSPS) is 20.9. The smallest absolute Gasteiger partial charge is 0.219 e. The van der Waals surface area contributed by atoms with Gasteiger partial charge >= 0.3 is 0 Å². The van der Waals surface area contributed by atoms with Crippen LogP contribution in [0.1, 0.15) is 24.8 Å². The zero-order valence-corrected chi connectivity index (χ0v) is 10.1. The SMILES string of the molecule is CC1(O)CCN(Cc2nnc(NN)s2)CC1. The highest BCUT2D eigenvalue weighted by Crippen LogP contribution is 2.23. The minimum absolute atomic E-state index is 0.498. The Labute approximate surface area is 98.4 Å². The molecule has 6 nitrogen and oxygen atoms in total. The number of hydrogen-bond donors (Lipinski definition) is 3. The van der Waals surface area contributed by atoms with Gasteiger partial charge in [0.05, 0.1) is 12.1 Å². The summed E-state index contributed by atoms with van der Waals surface area (Å²) in [7, 11) is 0. The molecule has 0 saturated carbocycles. The van der Waals surface area contributed by atoms with Gasteiger partial charge in [0.1, 0.15) is 5.01 Å². The number of nitrogens with zero attached hydrogens (tertiary/aromatic N) is 3. The lowest BCUT2D eigenvalue weighted by Gasteiger charge is -2.35. The Balaban J connectivity index is 1.87. The molecule has 90 valence electrons. The molecule has 1 aromatic heterocycles. The highest BCUT2D eigenvalue weighted by Gasteiger charge is 2.27. The molecule has 2 heterocycles. The van der Waals surface area contributed by atoms with Gasteiger partial charge < -0.3 is 5.11 Å². The molecule has 1 saturated heterocycles. The van der Waals surface area contributed by atoms with Crippen molar-refractivity contribution in [1.29, 1.82) is 0 Å². The van der Waals surface area contributed by atoms with Crippen LogP contribution in [0.4, 0.5) is 5.13 Å². The van der Waals surface area contributed by atoms with Crippen LogP contribution in [0.15, 0.2) is 0 Å². The Bertz CT molecular complexity index is 343. The Morgan fingerprint density at radius 1 is 1.50 bits per heavy atom. The number of aliphatic hydroxyl groups is 1. The Kier molecular flexibility index (Phi) is 3.38. The number of likely N-dealkylation sites (tertiary alicyclic amines) is 1. The lowest BCUT2D eigenvalue weighted by molar-refractivity contribution is -0.00734. The summed E-state index contributed by atoms with van der Waals surface area (Å²) in [5.41, 5.74) is 1.99. The zero-order valence-electron chi connectivity index (χ0n) is 9.31. The van der Waals surface area contributed by atoms with Gasteiger partial charge in [0.15, 0.2) is 0 Å². The monoisotopic (exact) mass is 243 g/mol. The van der Waals surface area contributed by atoms with Gasteiger partial charge in [0.2, 0.25) is 5.13 Å². The van der Waals surface area contributed by atoms with E-state index in [1.807, 2.05) is 6.92 Å². The molecule has 0 aromatic carbocycles. The van der Waals surface area contributed by atoms with E-state index in [0.29, 0.717) is 5.13 Å². The maximum atomic E-state index is 9.82. The number of rotatable bonds is 3. The maximum absolute atomic E-state index is 9.82. The predicted molar refractivity (Wildman–Crippen MR) is 62.9 cm³/mol. The summed E-state index contributed by atoms with van der Waals surface area (Å²) in [6, 6.07) is 0. The van der Waals surface area contributed by atoms with E-state index in [0.717, 1.165) is 37.5 Å². The van der Waals surface area contributed by atoms with Crippen molar-refractivity contribution in [3.05, 3.63) is 5.01 Å². The fraction of sp³-hybridized carbons (Fsp3) is 0.778. The fourth-order valence-corrected chi connectivity index (χ4v) is 2.45. The fourth-order valence-electron chi connectivity index (χ4n) is 1.76. The van der Waals surface area contributed by atoms with Gasteiger partial charge in [0, 0.05) is 13.1 Å². The number of nitrogens with two attached hydrogens (primary N) is 1. The van der Waals surface area contributed by atoms with Gasteiger partial charge in [-0.3, -0.25) is 10.3 Å². The molecule has 1 aliphatic heterocycles. The molecule has 0 aliphatic carbocycles. The van der Waals surface area contributed by atoms with Gasteiger partial charge in [-0.2, -0.15) is 0 Å². The van der Waals surface area contributed by atoms with E-state index < -0.39 is 5.60 Å². The van der Waals surface area contributed by atoms with Crippen LogP contribution in [0.2, 0.25) is 0 Å². The summed E-state index contributed by atoms with van der Waals surface area (Å²) in [4.78, 5) is 2.28. The van der Waals surface area contributed by atoms with Crippen molar-refractivity contribution in [2.75, 3.05) is 18.5 Å². The Morgan fingerprint density at radius 3 is 2.75 bits per heavy atom. The third-order valence-corrected chi connectivity index (χ3v) is 3.72. The number of nitrogen functional groups attached to an aromatic ring is 1. The average Bonchev–Trinajstić information content (AvgIpc) is 2.69. The van der Waals surface area contributed by atoms with Gasteiger partial charge in [-0.05, 0) is 19.8 Å². The van der Waals surface area contributed by atoms with Crippen LogP contribution in [0.5, 0.6) is 0 Å². The van der Waals surface area contributed by atoms with Crippen molar-refractivity contribution in [2.24, 2.45) is 5.84 Å². The van der Waals surface area contributed by atoms with Crippen LogP contribution in [-0.2, 0) is 6.54 Å². The molecule has 0 radical (unpaired) electrons. The number of aromatic nitrogens is 2. The second-order valence-corrected chi connectivity index (χ2v) is 5.48. The van der Waals surface area contributed by atoms with Crippen LogP contribution in [0.3, 0.4) is 0 Å². The molecular weight excluding hydrogens is 226 g/mol. The van der Waals surface area contributed by atoms with E-state index in [9.17, 15) is 5.11 Å². The summed E-state index contributed by atoms with van der Waals surface area (Å²) in [5, 5.41) is 19.3. The van der Waals surface area contributed by atoms with Crippen LogP contribution in [0, 0.1) is 0 Å². The molecule has 16 heavy (non-hydrogen) atoms. The molecule has 0 unspecified atom stereocenters. The molecule has 0 atom stereocenters. The first kappa shape index (κ1) is 11.7. The average molecular weight is 243 g/mol. The molecule has 1 aromatic rings. The molecule has 0 amide bonds. The van der Waals surface area contributed by atoms with Crippen molar-refractivity contribution in [3.8, 4) is 0 Å². The highest BCUT2D eigenvalue weighted by atomic mass is 32.1. The Morgan fingerprint density at radius 2 is 2.19 bits per heavy atom. The van der Waals surface area contributed by atoms with Crippen molar-refractivity contribution < 1.29 is 5.11 Å². The molecule has 1 aliphatic rings. The summed E-state index contributed by atoms with van der Waals surface area (Å²) in [6.07, 6.45) is 1.63.